The van der Waals surface area contributed by atoms with Gasteiger partial charge in [-0.3, -0.25) is 4.79 Å². The van der Waals surface area contributed by atoms with Crippen molar-refractivity contribution < 1.29 is 28.6 Å². The summed E-state index contributed by atoms with van der Waals surface area (Å²) in [7, 11) is 0. The molecule has 0 aromatic heterocycles. The Morgan fingerprint density at radius 1 is 0.882 bits per heavy atom. The Labute approximate surface area is 201 Å². The standard InChI is InChI=1S/C27H33NO6/c1-5-12-22(24(29)32-18-20-13-8-6-9-14-20)17-23(28-26(31)34-27(2,3)4)25(30)33-19-21-15-10-7-11-16-21/h5-11,13-16,22-23H,1,12,17-19H2,2-4H3,(H,28,31)/t22-,23+/m1/s1. The number of amides is 1. The molecule has 0 saturated carbocycles. The predicted octanol–water partition coefficient (Wildman–Crippen LogP) is 4.95. The third-order valence-corrected chi connectivity index (χ3v) is 4.73. The van der Waals surface area contributed by atoms with E-state index in [9.17, 15) is 14.4 Å². The van der Waals surface area contributed by atoms with Gasteiger partial charge in [0, 0.05) is 0 Å². The Morgan fingerprint density at radius 3 is 1.85 bits per heavy atom. The molecule has 0 saturated heterocycles. The van der Waals surface area contributed by atoms with Crippen LogP contribution < -0.4 is 5.32 Å². The van der Waals surface area contributed by atoms with Gasteiger partial charge in [-0.05, 0) is 44.7 Å². The molecule has 7 heteroatoms. The summed E-state index contributed by atoms with van der Waals surface area (Å²) in [5.74, 6) is -1.86. The van der Waals surface area contributed by atoms with Gasteiger partial charge in [0.05, 0.1) is 5.92 Å². The van der Waals surface area contributed by atoms with E-state index < -0.39 is 35.6 Å². The number of alkyl carbamates (subject to hydrolysis) is 1. The van der Waals surface area contributed by atoms with Crippen LogP contribution in [0.4, 0.5) is 4.79 Å². The molecule has 2 rings (SSSR count). The van der Waals surface area contributed by atoms with Crippen molar-refractivity contribution in [1.82, 2.24) is 5.32 Å². The summed E-state index contributed by atoms with van der Waals surface area (Å²) >= 11 is 0. The lowest BCUT2D eigenvalue weighted by Crippen LogP contribution is -2.46. The van der Waals surface area contributed by atoms with Crippen molar-refractivity contribution in [3.05, 3.63) is 84.4 Å². The molecule has 0 fully saturated rings. The Balaban J connectivity index is 2.09. The molecule has 2 aromatic rings. The van der Waals surface area contributed by atoms with Gasteiger partial charge in [-0.2, -0.15) is 0 Å². The van der Waals surface area contributed by atoms with Gasteiger partial charge in [-0.25, -0.2) is 9.59 Å². The quantitative estimate of drug-likeness (QED) is 0.286. The van der Waals surface area contributed by atoms with Gasteiger partial charge in [0.15, 0.2) is 0 Å². The first-order chi connectivity index (χ1) is 16.2. The summed E-state index contributed by atoms with van der Waals surface area (Å²) in [5.41, 5.74) is 0.897. The molecule has 0 aliphatic rings. The van der Waals surface area contributed by atoms with Crippen LogP contribution in [0.25, 0.3) is 0 Å². The largest absolute Gasteiger partial charge is 0.461 e. The van der Waals surface area contributed by atoms with Crippen LogP contribution in [0.2, 0.25) is 0 Å². The first-order valence-electron chi connectivity index (χ1n) is 11.2. The summed E-state index contributed by atoms with van der Waals surface area (Å²) in [6, 6.07) is 17.4. The predicted molar refractivity (Wildman–Crippen MR) is 129 cm³/mol. The molecule has 0 aliphatic heterocycles. The second-order valence-corrected chi connectivity index (χ2v) is 8.84. The molecule has 0 bridgehead atoms. The van der Waals surface area contributed by atoms with Crippen molar-refractivity contribution in [3.8, 4) is 0 Å². The number of ether oxygens (including phenoxy) is 3. The number of rotatable bonds is 11. The molecular weight excluding hydrogens is 434 g/mol. The lowest BCUT2D eigenvalue weighted by molar-refractivity contribution is -0.152. The highest BCUT2D eigenvalue weighted by atomic mass is 16.6. The Bertz CT molecular complexity index is 937. The minimum absolute atomic E-state index is 0.0213. The van der Waals surface area contributed by atoms with Crippen molar-refractivity contribution in [2.75, 3.05) is 0 Å². The first kappa shape index (κ1) is 26.6. The summed E-state index contributed by atoms with van der Waals surface area (Å²) < 4.78 is 16.2. The van der Waals surface area contributed by atoms with Crippen LogP contribution in [0.1, 0.15) is 44.7 Å². The van der Waals surface area contributed by atoms with Crippen LogP contribution in [-0.2, 0) is 37.0 Å². The average molecular weight is 468 g/mol. The van der Waals surface area contributed by atoms with Crippen LogP contribution in [0, 0.1) is 5.92 Å². The van der Waals surface area contributed by atoms with Crippen LogP contribution in [-0.4, -0.2) is 29.7 Å². The van der Waals surface area contributed by atoms with E-state index in [2.05, 4.69) is 11.9 Å². The van der Waals surface area contributed by atoms with Crippen molar-refractivity contribution in [2.24, 2.45) is 5.92 Å². The molecule has 0 aliphatic carbocycles. The van der Waals surface area contributed by atoms with Crippen molar-refractivity contribution in [3.63, 3.8) is 0 Å². The van der Waals surface area contributed by atoms with E-state index in [4.69, 9.17) is 14.2 Å². The van der Waals surface area contributed by atoms with E-state index in [-0.39, 0.29) is 26.1 Å². The number of allylic oxidation sites excluding steroid dienone is 1. The van der Waals surface area contributed by atoms with Gasteiger partial charge >= 0.3 is 18.0 Å². The smallest absolute Gasteiger partial charge is 0.408 e. The number of hydrogen-bond donors (Lipinski definition) is 1. The minimum Gasteiger partial charge on any atom is -0.461 e. The van der Waals surface area contributed by atoms with Gasteiger partial charge in [-0.15, -0.1) is 6.58 Å². The fourth-order valence-electron chi connectivity index (χ4n) is 3.11. The molecular formula is C27H33NO6. The maximum Gasteiger partial charge on any atom is 0.408 e. The zero-order valence-electron chi connectivity index (χ0n) is 20.0. The van der Waals surface area contributed by atoms with E-state index in [1.54, 1.807) is 26.8 Å². The molecule has 2 aromatic carbocycles. The van der Waals surface area contributed by atoms with Gasteiger partial charge in [0.25, 0.3) is 0 Å². The zero-order chi connectivity index (χ0) is 25.0. The van der Waals surface area contributed by atoms with Gasteiger partial charge in [0.2, 0.25) is 0 Å². The molecule has 2 atom stereocenters. The molecule has 182 valence electrons. The molecule has 1 N–H and O–H groups in total. The molecule has 0 heterocycles. The van der Waals surface area contributed by atoms with E-state index in [0.29, 0.717) is 0 Å². The lowest BCUT2D eigenvalue weighted by atomic mass is 9.96. The SMILES string of the molecule is C=CC[C@H](C[C@H](NC(=O)OC(C)(C)C)C(=O)OCc1ccccc1)C(=O)OCc1ccccc1. The van der Waals surface area contributed by atoms with Gasteiger partial charge in [0.1, 0.15) is 24.9 Å². The maximum absolute atomic E-state index is 12.9. The minimum atomic E-state index is -1.10. The highest BCUT2D eigenvalue weighted by Gasteiger charge is 2.31. The average Bonchev–Trinajstić information content (AvgIpc) is 2.80. The molecule has 0 spiro atoms. The highest BCUT2D eigenvalue weighted by molar-refractivity contribution is 5.82. The molecule has 0 radical (unpaired) electrons. The van der Waals surface area contributed by atoms with E-state index in [1.807, 2.05) is 60.7 Å². The highest BCUT2D eigenvalue weighted by Crippen LogP contribution is 2.18. The number of nitrogens with one attached hydrogen (secondary N) is 1. The number of benzene rings is 2. The topological polar surface area (TPSA) is 90.9 Å². The normalized spacial score (nSPS) is 12.7. The lowest BCUT2D eigenvalue weighted by Gasteiger charge is -2.25. The van der Waals surface area contributed by atoms with E-state index >= 15 is 0 Å². The maximum atomic E-state index is 12.9. The molecule has 7 nitrogen and oxygen atoms in total. The Morgan fingerprint density at radius 2 is 1.38 bits per heavy atom. The van der Waals surface area contributed by atoms with Crippen LogP contribution in [0.3, 0.4) is 0 Å². The van der Waals surface area contributed by atoms with Crippen LogP contribution in [0.5, 0.6) is 0 Å². The second-order valence-electron chi connectivity index (χ2n) is 8.84. The fraction of sp³-hybridized carbons (Fsp3) is 0.370. The van der Waals surface area contributed by atoms with Crippen LogP contribution in [0.15, 0.2) is 73.3 Å². The van der Waals surface area contributed by atoms with Crippen molar-refractivity contribution >= 4 is 18.0 Å². The van der Waals surface area contributed by atoms with Crippen molar-refractivity contribution in [1.29, 1.82) is 0 Å². The van der Waals surface area contributed by atoms with E-state index in [1.165, 1.54) is 0 Å². The zero-order valence-corrected chi connectivity index (χ0v) is 20.0. The van der Waals surface area contributed by atoms with Gasteiger partial charge in [-0.1, -0.05) is 66.7 Å². The third-order valence-electron chi connectivity index (χ3n) is 4.73. The Hall–Kier alpha value is -3.61. The number of carbonyl (C=O) groups excluding carboxylic acids is 3. The number of hydrogen-bond acceptors (Lipinski definition) is 6. The molecule has 1 amide bonds. The number of esters is 2. The summed E-state index contributed by atoms with van der Waals surface area (Å²) in [6.45, 7) is 9.01. The third kappa shape index (κ3) is 9.90. The number of carbonyl (C=O) groups is 3. The Kier molecular flexibility index (Phi) is 10.3. The monoisotopic (exact) mass is 467 g/mol. The fourth-order valence-corrected chi connectivity index (χ4v) is 3.11. The summed E-state index contributed by atoms with van der Waals surface area (Å²) in [5, 5.41) is 2.55. The summed E-state index contributed by atoms with van der Waals surface area (Å²) in [6.07, 6.45) is 1.05. The van der Waals surface area contributed by atoms with Crippen LogP contribution >= 0.6 is 0 Å². The first-order valence-corrected chi connectivity index (χ1v) is 11.2. The van der Waals surface area contributed by atoms with Crippen molar-refractivity contribution in [2.45, 2.75) is 58.5 Å². The summed E-state index contributed by atoms with van der Waals surface area (Å²) in [4.78, 5) is 38.1. The molecule has 0 unspecified atom stereocenters. The molecule has 34 heavy (non-hydrogen) atoms. The van der Waals surface area contributed by atoms with Gasteiger partial charge < -0.3 is 19.5 Å². The second kappa shape index (κ2) is 13.2. The van der Waals surface area contributed by atoms with E-state index in [0.717, 1.165) is 11.1 Å².